The van der Waals surface area contributed by atoms with E-state index in [1.165, 1.54) is 31.2 Å². The number of benzene rings is 2. The average molecular weight is 681 g/mol. The van der Waals surface area contributed by atoms with E-state index in [0.717, 1.165) is 16.5 Å². The zero-order valence-corrected chi connectivity index (χ0v) is 29.1. The van der Waals surface area contributed by atoms with Crippen molar-refractivity contribution in [3.8, 4) is 5.75 Å². The predicted molar refractivity (Wildman–Crippen MR) is 183 cm³/mol. The zero-order chi connectivity index (χ0) is 35.3. The number of para-hydroxylation sites is 1. The molecule has 1 aliphatic rings. The first-order valence-electron chi connectivity index (χ1n) is 16.0. The highest BCUT2D eigenvalue weighted by Gasteiger charge is 2.38. The molecule has 3 aromatic rings. The fraction of sp³-hybridized carbons (Fsp3) is 0.444. The molecule has 7 unspecified atom stereocenters. The first-order valence-corrected chi connectivity index (χ1v) is 16.4. The summed E-state index contributed by atoms with van der Waals surface area (Å²) in [4.78, 5) is 59.6. The third-order valence-electron chi connectivity index (χ3n) is 9.01. The number of aromatic hydroxyl groups is 1. The van der Waals surface area contributed by atoms with E-state index >= 15 is 0 Å². The summed E-state index contributed by atoms with van der Waals surface area (Å²) >= 11 is 6.65. The normalized spacial score (nSPS) is 28.1. The molecule has 1 aromatic heterocycles. The van der Waals surface area contributed by atoms with Crippen LogP contribution in [0.15, 0.2) is 60.2 Å². The lowest BCUT2D eigenvalue weighted by atomic mass is 9.95. The monoisotopic (exact) mass is 680 g/mol. The lowest BCUT2D eigenvalue weighted by molar-refractivity contribution is -0.164. The largest absolute Gasteiger partial charge is 0.508 e. The maximum atomic E-state index is 14.4. The smallest absolute Gasteiger partial charge is 0.338 e. The Labute approximate surface area is 286 Å². The van der Waals surface area contributed by atoms with Gasteiger partial charge in [-0.15, -0.1) is 0 Å². The topological polar surface area (TPSA) is 150 Å². The summed E-state index contributed by atoms with van der Waals surface area (Å²) in [7, 11) is 2.84. The van der Waals surface area contributed by atoms with Gasteiger partial charge < -0.3 is 35.1 Å². The van der Waals surface area contributed by atoms with Crippen LogP contribution in [0, 0.1) is 11.8 Å². The lowest BCUT2D eigenvalue weighted by Crippen LogP contribution is -2.56. The van der Waals surface area contributed by atoms with Gasteiger partial charge in [-0.2, -0.15) is 0 Å². The maximum absolute atomic E-state index is 14.4. The molecule has 3 amide bonds. The number of phenolic OH excluding ortho intramolecular Hbond substituents is 1. The van der Waals surface area contributed by atoms with Crippen molar-refractivity contribution in [1.29, 1.82) is 0 Å². The predicted octanol–water partition coefficient (Wildman–Crippen LogP) is 4.83. The number of phenols is 1. The second-order valence-corrected chi connectivity index (χ2v) is 13.1. The molecule has 1 aliphatic heterocycles. The molecule has 4 N–H and O–H groups in total. The molecule has 2 heterocycles. The van der Waals surface area contributed by atoms with Gasteiger partial charge in [-0.25, -0.2) is 4.79 Å². The van der Waals surface area contributed by atoms with Crippen LogP contribution in [0.2, 0.25) is 5.15 Å². The molecule has 48 heavy (non-hydrogen) atoms. The molecule has 258 valence electrons. The summed E-state index contributed by atoms with van der Waals surface area (Å²) in [6, 6.07) is 10.3. The Hall–Kier alpha value is -4.35. The first kappa shape index (κ1) is 36.5. The van der Waals surface area contributed by atoms with Crippen molar-refractivity contribution >= 4 is 46.2 Å². The number of esters is 1. The molecule has 7 atom stereocenters. The average Bonchev–Trinajstić information content (AvgIpc) is 3.36. The SMILES string of the molecule is COC1C(=O)OC(C)C(C)/C=C(\C)CC(C)C(=O)NC(C)C(=O)N(C)C(Cc2c(Cl)[nH]c3ccccc23)C(=O)NC1c1ccc(O)cc1. The standard InChI is InChI=1S/C36H45ClN4O7/c1-19-16-20(2)23(5)48-36(46)31(47-7)30(24-12-14-25(42)15-13-24)40-34(44)29(18-27-26-10-8-9-11-28(26)39-32(27)37)41(6)35(45)22(4)38-33(43)21(3)17-19/h8-16,20-23,29-31,39,42H,17-18H2,1-7H3,(H,38,43)(H,40,44)/b19-16+. The van der Waals surface area contributed by atoms with Gasteiger partial charge in [0.25, 0.3) is 0 Å². The molecule has 0 aliphatic carbocycles. The Morgan fingerprint density at radius 1 is 0.979 bits per heavy atom. The van der Waals surface area contributed by atoms with Crippen LogP contribution in [0.4, 0.5) is 0 Å². The number of ether oxygens (including phenoxy) is 2. The number of cyclic esters (lactones) is 1. The summed E-state index contributed by atoms with van der Waals surface area (Å²) in [6.45, 7) is 8.94. The number of carbonyl (C=O) groups excluding carboxylic acids is 4. The summed E-state index contributed by atoms with van der Waals surface area (Å²) in [5.74, 6) is -2.76. The molecule has 4 rings (SSSR count). The minimum absolute atomic E-state index is 0.00560. The second-order valence-electron chi connectivity index (χ2n) is 12.7. The van der Waals surface area contributed by atoms with E-state index in [0.29, 0.717) is 22.7 Å². The number of halogens is 1. The van der Waals surface area contributed by atoms with Crippen molar-refractivity contribution in [3.63, 3.8) is 0 Å². The van der Waals surface area contributed by atoms with Gasteiger partial charge >= 0.3 is 5.97 Å². The van der Waals surface area contributed by atoms with Crippen molar-refractivity contribution in [2.24, 2.45) is 11.8 Å². The number of amides is 3. The van der Waals surface area contributed by atoms with Gasteiger partial charge in [-0.05, 0) is 56.5 Å². The number of aromatic amines is 1. The van der Waals surface area contributed by atoms with E-state index in [1.54, 1.807) is 32.9 Å². The summed E-state index contributed by atoms with van der Waals surface area (Å²) < 4.78 is 11.6. The number of likely N-dealkylation sites (N-methyl/N-ethyl adjacent to an activating group) is 1. The van der Waals surface area contributed by atoms with Crippen LogP contribution in [-0.2, 0) is 35.1 Å². The number of hydrogen-bond acceptors (Lipinski definition) is 7. The molecule has 2 aromatic carbocycles. The van der Waals surface area contributed by atoms with Crippen molar-refractivity contribution in [1.82, 2.24) is 20.5 Å². The quantitative estimate of drug-likeness (QED) is 0.228. The lowest BCUT2D eigenvalue weighted by Gasteiger charge is -2.33. The van der Waals surface area contributed by atoms with Crippen LogP contribution in [0.1, 0.15) is 58.2 Å². The molecule has 0 saturated heterocycles. The van der Waals surface area contributed by atoms with Crippen LogP contribution in [0.3, 0.4) is 0 Å². The maximum Gasteiger partial charge on any atom is 0.338 e. The Balaban J connectivity index is 1.82. The van der Waals surface area contributed by atoms with Gasteiger partial charge in [-0.1, -0.05) is 67.4 Å². The fourth-order valence-corrected chi connectivity index (χ4v) is 6.34. The van der Waals surface area contributed by atoms with Gasteiger partial charge in [0.2, 0.25) is 17.7 Å². The molecular formula is C36H45ClN4O7. The van der Waals surface area contributed by atoms with Crippen LogP contribution < -0.4 is 10.6 Å². The van der Waals surface area contributed by atoms with Gasteiger partial charge in [0.1, 0.15) is 29.1 Å². The Bertz CT molecular complexity index is 1670. The zero-order valence-electron chi connectivity index (χ0n) is 28.4. The second kappa shape index (κ2) is 15.7. The van der Waals surface area contributed by atoms with Crippen LogP contribution in [-0.4, -0.2) is 77.1 Å². The molecule has 0 saturated carbocycles. The van der Waals surface area contributed by atoms with Crippen molar-refractivity contribution in [3.05, 3.63) is 76.5 Å². The van der Waals surface area contributed by atoms with Gasteiger partial charge in [-0.3, -0.25) is 14.4 Å². The number of allylic oxidation sites excluding steroid dienone is 1. The van der Waals surface area contributed by atoms with Crippen LogP contribution in [0.5, 0.6) is 5.75 Å². The minimum atomic E-state index is -1.28. The highest BCUT2D eigenvalue weighted by Crippen LogP contribution is 2.30. The fourth-order valence-electron chi connectivity index (χ4n) is 6.06. The molecule has 0 bridgehead atoms. The summed E-state index contributed by atoms with van der Waals surface area (Å²) in [6.07, 6.45) is 0.547. The van der Waals surface area contributed by atoms with Crippen molar-refractivity contribution in [2.75, 3.05) is 14.2 Å². The molecule has 11 nitrogen and oxygen atoms in total. The highest BCUT2D eigenvalue weighted by molar-refractivity contribution is 6.31. The number of aromatic nitrogens is 1. The number of hydrogen-bond donors (Lipinski definition) is 4. The van der Waals surface area contributed by atoms with E-state index in [2.05, 4.69) is 15.6 Å². The van der Waals surface area contributed by atoms with Gasteiger partial charge in [0.05, 0.1) is 6.04 Å². The summed E-state index contributed by atoms with van der Waals surface area (Å²) in [5, 5.41) is 16.8. The van der Waals surface area contributed by atoms with Crippen molar-refractivity contribution < 1.29 is 33.8 Å². The number of fused-ring (bicyclic) bond motifs is 1. The van der Waals surface area contributed by atoms with E-state index in [1.807, 2.05) is 44.2 Å². The number of methoxy groups -OCH3 is 1. The van der Waals surface area contributed by atoms with Crippen molar-refractivity contribution in [2.45, 2.75) is 77.8 Å². The minimum Gasteiger partial charge on any atom is -0.508 e. The molecule has 0 fully saturated rings. The number of rotatable bonds is 4. The number of nitrogens with one attached hydrogen (secondary N) is 3. The highest BCUT2D eigenvalue weighted by atomic mass is 35.5. The van der Waals surface area contributed by atoms with E-state index < -0.39 is 54.0 Å². The van der Waals surface area contributed by atoms with Crippen LogP contribution in [0.25, 0.3) is 10.9 Å². The third kappa shape index (κ3) is 8.38. The first-order chi connectivity index (χ1) is 22.7. The van der Waals surface area contributed by atoms with Gasteiger partial charge in [0.15, 0.2) is 6.10 Å². The number of nitrogens with zero attached hydrogens (tertiary/aromatic N) is 1. The molecule has 0 radical (unpaired) electrons. The van der Waals surface area contributed by atoms with Gasteiger partial charge in [0, 0.05) is 43.3 Å². The van der Waals surface area contributed by atoms with Crippen LogP contribution >= 0.6 is 11.6 Å². The third-order valence-corrected chi connectivity index (χ3v) is 9.33. The van der Waals surface area contributed by atoms with E-state index in [4.69, 9.17) is 21.1 Å². The number of H-pyrrole nitrogens is 1. The van der Waals surface area contributed by atoms with E-state index in [9.17, 15) is 24.3 Å². The Kier molecular flexibility index (Phi) is 11.9. The number of carbonyl (C=O) groups is 4. The molecular weight excluding hydrogens is 636 g/mol. The summed E-state index contributed by atoms with van der Waals surface area (Å²) in [5.41, 5.74) is 2.77. The Morgan fingerprint density at radius 3 is 2.31 bits per heavy atom. The molecule has 0 spiro atoms. The molecule has 12 heteroatoms. The Morgan fingerprint density at radius 2 is 1.65 bits per heavy atom. The van der Waals surface area contributed by atoms with E-state index in [-0.39, 0.29) is 24.0 Å².